The summed E-state index contributed by atoms with van der Waals surface area (Å²) >= 11 is 12.2. The summed E-state index contributed by atoms with van der Waals surface area (Å²) in [5.41, 5.74) is 7.20. The second kappa shape index (κ2) is 29.7. The zero-order valence-corrected chi connectivity index (χ0v) is 43.5. The number of carboxylic acid groups (broad SMARTS) is 2. The van der Waals surface area contributed by atoms with E-state index in [1.165, 1.54) is 31.7 Å². The quantitative estimate of drug-likeness (QED) is 0.0382. The van der Waals surface area contributed by atoms with Gasteiger partial charge >= 0.3 is 0 Å². The molecule has 8 N–H and O–H groups in total. The van der Waals surface area contributed by atoms with Crippen LogP contribution in [0.3, 0.4) is 0 Å². The standard InChI is InChI=1S/2C25H30ClN5O3.2CH2O2/c1-3-34-15-17-12-21(27-8-11-31-9-4-5-10-31)16(2)22(13-17)28-24(32)18-6-7-19-20(14-18)23(26)29-30-25(19)33;1-3-34-15-17-12-21(27-8-11-31-9-4-5-10-31)16(2)22(13-17)28-24(32)18-6-7-19-20(14-18)25(33)30-29-23(19)26;2*2-1-3/h2*6-7,12-14,27H,3-5,8-11,15H2,1-2H3,(H,28,32)(H,30,33);2*1H,(H,2,3). The lowest BCUT2D eigenvalue weighted by molar-refractivity contribution is -0.123. The fraction of sp³-hybridized carbons (Fsp3) is 0.385. The van der Waals surface area contributed by atoms with Gasteiger partial charge in [-0.15, -0.1) is 0 Å². The topological polar surface area (TPSA) is 273 Å². The SMILES string of the molecule is CCOCc1cc(NCCN2CCCC2)c(C)c(NC(=O)c2ccc3c(=O)[nH]nc(Cl)c3c2)c1.CCOCc1cc(NCCN2CCCC2)c(C)c(NC(=O)c2ccc3c(Cl)n[nH]c(=O)c3c2)c1.O=CO.O=CO. The average Bonchev–Trinajstić information content (AvgIpc) is 4.13. The Bertz CT molecular complexity index is 2970. The van der Waals surface area contributed by atoms with Gasteiger partial charge in [0.05, 0.1) is 24.0 Å². The Morgan fingerprint density at radius 3 is 1.42 bits per heavy atom. The molecule has 4 heterocycles. The number of aromatic nitrogens is 4. The maximum atomic E-state index is 13.1. The van der Waals surface area contributed by atoms with Crippen molar-refractivity contribution in [2.24, 2.45) is 0 Å². The second-order valence-electron chi connectivity index (χ2n) is 17.2. The highest BCUT2D eigenvalue weighted by molar-refractivity contribution is 6.34. The molecule has 8 rings (SSSR count). The lowest BCUT2D eigenvalue weighted by Crippen LogP contribution is -2.26. The fourth-order valence-electron chi connectivity index (χ4n) is 8.43. The maximum absolute atomic E-state index is 13.1. The molecule has 0 unspecified atom stereocenters. The van der Waals surface area contributed by atoms with Crippen molar-refractivity contribution in [2.45, 2.75) is 66.6 Å². The van der Waals surface area contributed by atoms with E-state index in [0.29, 0.717) is 70.5 Å². The molecule has 2 saturated heterocycles. The van der Waals surface area contributed by atoms with E-state index in [1.54, 1.807) is 30.3 Å². The molecule has 396 valence electrons. The Labute approximate surface area is 438 Å². The van der Waals surface area contributed by atoms with Crippen molar-refractivity contribution >= 4 is 92.3 Å². The molecular weight excluding hydrogens is 996 g/mol. The minimum Gasteiger partial charge on any atom is -0.483 e. The molecule has 74 heavy (non-hydrogen) atoms. The van der Waals surface area contributed by atoms with Gasteiger partial charge in [0.15, 0.2) is 10.3 Å². The fourth-order valence-corrected chi connectivity index (χ4v) is 8.83. The summed E-state index contributed by atoms with van der Waals surface area (Å²) in [6.45, 7) is 17.8. The molecule has 2 fully saturated rings. The van der Waals surface area contributed by atoms with Gasteiger partial charge in [-0.2, -0.15) is 10.2 Å². The first-order valence-electron chi connectivity index (χ1n) is 24.2. The monoisotopic (exact) mass is 1060 g/mol. The number of benzene rings is 4. The van der Waals surface area contributed by atoms with Crippen LogP contribution < -0.4 is 32.4 Å². The number of aromatic amines is 2. The number of halogens is 2. The van der Waals surface area contributed by atoms with Crippen LogP contribution in [-0.4, -0.2) is 131 Å². The van der Waals surface area contributed by atoms with Crippen LogP contribution in [0.2, 0.25) is 10.3 Å². The molecule has 2 aliphatic rings. The third-order valence-corrected chi connectivity index (χ3v) is 12.8. The van der Waals surface area contributed by atoms with Gasteiger partial charge < -0.3 is 50.8 Å². The van der Waals surface area contributed by atoms with Gasteiger partial charge in [0.1, 0.15) is 0 Å². The summed E-state index contributed by atoms with van der Waals surface area (Å²) < 4.78 is 11.2. The smallest absolute Gasteiger partial charge is 0.290 e. The van der Waals surface area contributed by atoms with E-state index in [4.69, 9.17) is 52.5 Å². The molecule has 0 saturated carbocycles. The molecule has 0 radical (unpaired) electrons. The second-order valence-corrected chi connectivity index (χ2v) is 17.9. The lowest BCUT2D eigenvalue weighted by Gasteiger charge is -2.19. The van der Waals surface area contributed by atoms with Crippen LogP contribution in [0.1, 0.15) is 82.5 Å². The van der Waals surface area contributed by atoms with Crippen molar-refractivity contribution in [2.75, 3.05) is 86.8 Å². The molecule has 0 bridgehead atoms. The number of nitrogens with one attached hydrogen (secondary N) is 6. The van der Waals surface area contributed by atoms with E-state index < -0.39 is 5.56 Å². The summed E-state index contributed by atoms with van der Waals surface area (Å²) in [7, 11) is 0. The summed E-state index contributed by atoms with van der Waals surface area (Å²) in [5, 5.41) is 41.1. The van der Waals surface area contributed by atoms with Crippen molar-refractivity contribution in [1.82, 2.24) is 30.2 Å². The molecule has 4 aromatic carbocycles. The predicted molar refractivity (Wildman–Crippen MR) is 289 cm³/mol. The number of hydrogen-bond donors (Lipinski definition) is 8. The summed E-state index contributed by atoms with van der Waals surface area (Å²) in [6.07, 6.45) is 5.07. The molecule has 20 nitrogen and oxygen atoms in total. The van der Waals surface area contributed by atoms with Crippen molar-refractivity contribution in [3.05, 3.63) is 125 Å². The number of H-pyrrole nitrogens is 2. The number of nitrogens with zero attached hydrogens (tertiary/aromatic N) is 4. The first-order valence-corrected chi connectivity index (χ1v) is 25.0. The Morgan fingerprint density at radius 1 is 0.608 bits per heavy atom. The number of fused-ring (bicyclic) bond motifs is 2. The van der Waals surface area contributed by atoms with Crippen LogP contribution in [0.15, 0.2) is 70.3 Å². The molecule has 2 aromatic heterocycles. The lowest BCUT2D eigenvalue weighted by atomic mass is 10.1. The van der Waals surface area contributed by atoms with Gasteiger partial charge in [-0.3, -0.25) is 28.8 Å². The minimum atomic E-state index is -0.395. The van der Waals surface area contributed by atoms with Gasteiger partial charge in [0.25, 0.3) is 35.9 Å². The number of likely N-dealkylation sites (tertiary alicyclic amines) is 2. The van der Waals surface area contributed by atoms with Crippen molar-refractivity contribution in [3.8, 4) is 0 Å². The van der Waals surface area contributed by atoms with Gasteiger partial charge in [-0.25, -0.2) is 10.2 Å². The molecule has 6 aromatic rings. The highest BCUT2D eigenvalue weighted by Gasteiger charge is 2.18. The molecule has 0 spiro atoms. The van der Waals surface area contributed by atoms with E-state index >= 15 is 0 Å². The van der Waals surface area contributed by atoms with E-state index in [0.717, 1.165) is 86.0 Å². The van der Waals surface area contributed by atoms with Crippen LogP contribution >= 0.6 is 23.2 Å². The highest BCUT2D eigenvalue weighted by atomic mass is 35.5. The first-order chi connectivity index (χ1) is 35.7. The Hall–Kier alpha value is -6.94. The molecule has 2 aliphatic heterocycles. The van der Waals surface area contributed by atoms with Gasteiger partial charge in [0.2, 0.25) is 0 Å². The molecule has 0 aliphatic carbocycles. The average molecular weight is 1060 g/mol. The van der Waals surface area contributed by atoms with Crippen LogP contribution in [0, 0.1) is 13.8 Å². The molecule has 22 heteroatoms. The van der Waals surface area contributed by atoms with Crippen molar-refractivity contribution in [3.63, 3.8) is 0 Å². The largest absolute Gasteiger partial charge is 0.483 e. The van der Waals surface area contributed by atoms with Crippen LogP contribution in [0.5, 0.6) is 0 Å². The summed E-state index contributed by atoms with van der Waals surface area (Å²) in [6, 6.07) is 17.6. The van der Waals surface area contributed by atoms with E-state index in [-0.39, 0.29) is 40.6 Å². The number of anilines is 4. The summed E-state index contributed by atoms with van der Waals surface area (Å²) in [5.74, 6) is -0.605. The highest BCUT2D eigenvalue weighted by Crippen LogP contribution is 2.30. The third kappa shape index (κ3) is 16.5. The van der Waals surface area contributed by atoms with Crippen molar-refractivity contribution in [1.29, 1.82) is 0 Å². The van der Waals surface area contributed by atoms with Crippen LogP contribution in [0.4, 0.5) is 22.7 Å². The molecular formula is C52H64Cl2N10O10. The predicted octanol–water partition coefficient (Wildman–Crippen LogP) is 7.76. The normalized spacial score (nSPS) is 13.2. The third-order valence-electron chi connectivity index (χ3n) is 12.3. The number of amides is 2. The van der Waals surface area contributed by atoms with Crippen LogP contribution in [-0.2, 0) is 32.3 Å². The number of ether oxygens (including phenoxy) is 2. The van der Waals surface area contributed by atoms with Gasteiger partial charge in [-0.05, 0) is 156 Å². The Kier molecular flexibility index (Phi) is 23.2. The number of hydrogen-bond acceptors (Lipinski definition) is 14. The minimum absolute atomic E-state index is 0.142. The zero-order valence-electron chi connectivity index (χ0n) is 41.9. The van der Waals surface area contributed by atoms with E-state index in [2.05, 4.69) is 63.6 Å². The Balaban J connectivity index is 0.000000248. The molecule has 2 amide bonds. The van der Waals surface area contributed by atoms with E-state index in [1.807, 2.05) is 39.8 Å². The summed E-state index contributed by atoms with van der Waals surface area (Å²) in [4.78, 5) is 72.0. The maximum Gasteiger partial charge on any atom is 0.290 e. The van der Waals surface area contributed by atoms with Gasteiger partial charge in [0, 0.05) is 84.0 Å². The van der Waals surface area contributed by atoms with E-state index in [9.17, 15) is 19.2 Å². The Morgan fingerprint density at radius 2 is 0.986 bits per heavy atom. The van der Waals surface area contributed by atoms with Crippen molar-refractivity contribution < 1.29 is 38.9 Å². The molecule has 0 atom stereocenters. The number of carbonyl (C=O) groups is 4. The number of rotatable bonds is 18. The van der Waals surface area contributed by atoms with Crippen LogP contribution in [0.25, 0.3) is 21.5 Å². The van der Waals surface area contributed by atoms with Gasteiger partial charge in [-0.1, -0.05) is 29.3 Å². The zero-order chi connectivity index (χ0) is 53.6. The number of carbonyl (C=O) groups excluding carboxylic acids is 2. The first kappa shape index (κ1) is 58.0.